The molecule has 3 heterocycles. The number of nitrogens with zero attached hydrogens (tertiary/aromatic N) is 6. The molecule has 2 aromatic heterocycles. The Balaban J connectivity index is 1.76. The van der Waals surface area contributed by atoms with Crippen molar-refractivity contribution in [1.29, 1.82) is 5.26 Å². The highest BCUT2D eigenvalue weighted by atomic mass is 19.1. The fraction of sp³-hybridized carbons (Fsp3) is 0.300. The molecule has 1 aromatic carbocycles. The van der Waals surface area contributed by atoms with Gasteiger partial charge >= 0.3 is 0 Å². The summed E-state index contributed by atoms with van der Waals surface area (Å²) in [6, 6.07) is 11.9. The van der Waals surface area contributed by atoms with Gasteiger partial charge in [-0.3, -0.25) is 0 Å². The average Bonchev–Trinajstić information content (AvgIpc) is 3.02. The van der Waals surface area contributed by atoms with Crippen molar-refractivity contribution in [2.24, 2.45) is 0 Å². The van der Waals surface area contributed by atoms with Gasteiger partial charge in [0.05, 0.1) is 24.9 Å². The van der Waals surface area contributed by atoms with Gasteiger partial charge in [-0.2, -0.15) is 10.4 Å². The zero-order chi connectivity index (χ0) is 19.7. The second-order valence-corrected chi connectivity index (χ2v) is 6.62. The standard InChI is InChI=1S/C20H19FN6O/c1-13-20(14(2)27(25-13)17-6-4-3-5-16(17)21)18-12-28-10-9-26(18)19-8-7-15(11-22)23-24-19/h3-8,18H,9-10,12H2,1-2H3/t18-/m0/s1. The largest absolute Gasteiger partial charge is 0.377 e. The Morgan fingerprint density at radius 1 is 1.18 bits per heavy atom. The van der Waals surface area contributed by atoms with E-state index in [1.165, 1.54) is 6.07 Å². The quantitative estimate of drug-likeness (QED) is 0.697. The van der Waals surface area contributed by atoms with Crippen LogP contribution in [0.1, 0.15) is 28.7 Å². The normalized spacial score (nSPS) is 16.8. The van der Waals surface area contributed by atoms with E-state index < -0.39 is 0 Å². The van der Waals surface area contributed by atoms with E-state index >= 15 is 0 Å². The van der Waals surface area contributed by atoms with Gasteiger partial charge in [-0.05, 0) is 38.1 Å². The predicted molar refractivity (Wildman–Crippen MR) is 101 cm³/mol. The lowest BCUT2D eigenvalue weighted by Gasteiger charge is -2.36. The number of hydrogen-bond acceptors (Lipinski definition) is 6. The second-order valence-electron chi connectivity index (χ2n) is 6.62. The molecular formula is C20H19FN6O. The molecule has 3 aromatic rings. The van der Waals surface area contributed by atoms with E-state index in [0.29, 0.717) is 31.3 Å². The van der Waals surface area contributed by atoms with Crippen molar-refractivity contribution in [2.75, 3.05) is 24.7 Å². The summed E-state index contributed by atoms with van der Waals surface area (Å²) < 4.78 is 21.7. The van der Waals surface area contributed by atoms with Crippen LogP contribution in [0.25, 0.3) is 5.69 Å². The van der Waals surface area contributed by atoms with Gasteiger partial charge in [0, 0.05) is 17.8 Å². The number of para-hydroxylation sites is 1. The van der Waals surface area contributed by atoms with Gasteiger partial charge in [0.1, 0.15) is 17.6 Å². The van der Waals surface area contributed by atoms with E-state index in [-0.39, 0.29) is 17.6 Å². The number of morpholine rings is 1. The number of benzene rings is 1. The first-order valence-corrected chi connectivity index (χ1v) is 8.99. The van der Waals surface area contributed by atoms with Crippen LogP contribution >= 0.6 is 0 Å². The number of aryl methyl sites for hydroxylation is 1. The maximum Gasteiger partial charge on any atom is 0.163 e. The number of rotatable bonds is 3. The summed E-state index contributed by atoms with van der Waals surface area (Å²) in [4.78, 5) is 2.10. The van der Waals surface area contributed by atoms with E-state index in [4.69, 9.17) is 10.00 Å². The Kier molecular flexibility index (Phi) is 4.75. The molecule has 0 aliphatic carbocycles. The summed E-state index contributed by atoms with van der Waals surface area (Å²) in [7, 11) is 0. The summed E-state index contributed by atoms with van der Waals surface area (Å²) >= 11 is 0. The van der Waals surface area contributed by atoms with Gasteiger partial charge in [0.2, 0.25) is 0 Å². The topological polar surface area (TPSA) is 79.9 Å². The molecule has 0 spiro atoms. The van der Waals surface area contributed by atoms with Gasteiger partial charge in [-0.1, -0.05) is 12.1 Å². The lowest BCUT2D eigenvalue weighted by molar-refractivity contribution is 0.0932. The third-order valence-electron chi connectivity index (χ3n) is 4.95. The minimum absolute atomic E-state index is 0.128. The van der Waals surface area contributed by atoms with E-state index in [1.807, 2.05) is 19.9 Å². The summed E-state index contributed by atoms with van der Waals surface area (Å²) in [5.74, 6) is 0.346. The minimum Gasteiger partial charge on any atom is -0.377 e. The van der Waals surface area contributed by atoms with Crippen LogP contribution in [-0.2, 0) is 4.74 Å². The van der Waals surface area contributed by atoms with Crippen molar-refractivity contribution in [2.45, 2.75) is 19.9 Å². The van der Waals surface area contributed by atoms with E-state index in [1.54, 1.807) is 35.0 Å². The molecule has 1 atom stereocenters. The molecule has 142 valence electrons. The highest BCUT2D eigenvalue weighted by molar-refractivity contribution is 5.47. The van der Waals surface area contributed by atoms with Crippen LogP contribution in [0.15, 0.2) is 36.4 Å². The van der Waals surface area contributed by atoms with Crippen molar-refractivity contribution in [3.63, 3.8) is 0 Å². The Labute approximate surface area is 162 Å². The fourth-order valence-corrected chi connectivity index (χ4v) is 3.65. The third-order valence-corrected chi connectivity index (χ3v) is 4.95. The number of nitriles is 1. The zero-order valence-electron chi connectivity index (χ0n) is 15.6. The van der Waals surface area contributed by atoms with Crippen molar-refractivity contribution >= 4 is 5.82 Å². The molecule has 1 fully saturated rings. The molecule has 7 nitrogen and oxygen atoms in total. The number of halogens is 1. The average molecular weight is 378 g/mol. The highest BCUT2D eigenvalue weighted by Crippen LogP contribution is 2.33. The van der Waals surface area contributed by atoms with Crippen LogP contribution in [-0.4, -0.2) is 39.7 Å². The maximum absolute atomic E-state index is 14.3. The highest BCUT2D eigenvalue weighted by Gasteiger charge is 2.31. The first-order chi connectivity index (χ1) is 13.6. The van der Waals surface area contributed by atoms with Crippen LogP contribution in [0, 0.1) is 31.0 Å². The van der Waals surface area contributed by atoms with Gasteiger partial charge in [0.15, 0.2) is 11.5 Å². The third kappa shape index (κ3) is 3.10. The minimum atomic E-state index is -0.325. The van der Waals surface area contributed by atoms with Gasteiger partial charge in [0.25, 0.3) is 0 Å². The van der Waals surface area contributed by atoms with Crippen molar-refractivity contribution in [3.8, 4) is 11.8 Å². The zero-order valence-corrected chi connectivity index (χ0v) is 15.6. The lowest BCUT2D eigenvalue weighted by atomic mass is 10.0. The molecule has 0 amide bonds. The fourth-order valence-electron chi connectivity index (χ4n) is 3.65. The van der Waals surface area contributed by atoms with E-state index in [9.17, 15) is 4.39 Å². The van der Waals surface area contributed by atoms with E-state index in [2.05, 4.69) is 20.2 Å². The molecule has 1 aliphatic rings. The van der Waals surface area contributed by atoms with Gasteiger partial charge < -0.3 is 9.64 Å². The number of ether oxygens (including phenoxy) is 1. The van der Waals surface area contributed by atoms with Crippen molar-refractivity contribution < 1.29 is 9.13 Å². The maximum atomic E-state index is 14.3. The van der Waals surface area contributed by atoms with Crippen LogP contribution in [0.2, 0.25) is 0 Å². The molecule has 1 aliphatic heterocycles. The van der Waals surface area contributed by atoms with Crippen molar-refractivity contribution in [1.82, 2.24) is 20.0 Å². The molecule has 1 saturated heterocycles. The molecule has 4 rings (SSSR count). The molecule has 28 heavy (non-hydrogen) atoms. The second kappa shape index (κ2) is 7.37. The Morgan fingerprint density at radius 2 is 2.00 bits per heavy atom. The van der Waals surface area contributed by atoms with E-state index in [0.717, 1.165) is 17.0 Å². The number of aromatic nitrogens is 4. The monoisotopic (exact) mass is 378 g/mol. The van der Waals surface area contributed by atoms with Crippen LogP contribution < -0.4 is 4.90 Å². The molecule has 0 saturated carbocycles. The summed E-state index contributed by atoms with van der Waals surface area (Å²) in [6.45, 7) is 5.51. The first-order valence-electron chi connectivity index (χ1n) is 8.99. The number of hydrogen-bond donors (Lipinski definition) is 0. The summed E-state index contributed by atoms with van der Waals surface area (Å²) in [6.07, 6.45) is 0. The Morgan fingerprint density at radius 3 is 2.71 bits per heavy atom. The van der Waals surface area contributed by atoms with Crippen molar-refractivity contribution in [3.05, 3.63) is 64.9 Å². The van der Waals surface area contributed by atoms with Crippen LogP contribution in [0.3, 0.4) is 0 Å². The lowest BCUT2D eigenvalue weighted by Crippen LogP contribution is -2.40. The molecule has 0 unspecified atom stereocenters. The van der Waals surface area contributed by atoms with Gasteiger partial charge in [-0.15, -0.1) is 10.2 Å². The van der Waals surface area contributed by atoms with Gasteiger partial charge in [-0.25, -0.2) is 9.07 Å². The molecule has 0 radical (unpaired) electrons. The Hall–Kier alpha value is -3.31. The summed E-state index contributed by atoms with van der Waals surface area (Å²) in [5.41, 5.74) is 3.32. The van der Waals surface area contributed by atoms with Crippen LogP contribution in [0.5, 0.6) is 0 Å². The molecule has 8 heteroatoms. The van der Waals surface area contributed by atoms with Crippen LogP contribution in [0.4, 0.5) is 10.2 Å². The predicted octanol–water partition coefficient (Wildman–Crippen LogP) is 2.87. The number of anilines is 1. The molecule has 0 N–H and O–H groups in total. The molecule has 0 bridgehead atoms. The Bertz CT molecular complexity index is 1040. The first kappa shape index (κ1) is 18.1. The molecular weight excluding hydrogens is 359 g/mol. The summed E-state index contributed by atoms with van der Waals surface area (Å²) in [5, 5.41) is 21.7. The SMILES string of the molecule is Cc1nn(-c2ccccc2F)c(C)c1[C@@H]1COCCN1c1ccc(C#N)nn1. The smallest absolute Gasteiger partial charge is 0.163 e.